The van der Waals surface area contributed by atoms with E-state index in [1.807, 2.05) is 49.4 Å². The number of aryl methyl sites for hydroxylation is 1. The first-order chi connectivity index (χ1) is 11.6. The molecule has 3 rings (SSSR count). The highest BCUT2D eigenvalue weighted by Gasteiger charge is 2.16. The van der Waals surface area contributed by atoms with Crippen LogP contribution in [0.15, 0.2) is 53.7 Å². The first-order valence-corrected chi connectivity index (χ1v) is 7.39. The monoisotopic (exact) mass is 323 g/mol. The minimum Gasteiger partial charge on any atom is -0.386 e. The second kappa shape index (κ2) is 6.86. The summed E-state index contributed by atoms with van der Waals surface area (Å²) in [6.07, 6.45) is -0.367. The van der Waals surface area contributed by atoms with Gasteiger partial charge in [0.2, 0.25) is 5.82 Å². The van der Waals surface area contributed by atoms with Crippen molar-refractivity contribution in [3.05, 3.63) is 65.6 Å². The second-order valence-corrected chi connectivity index (χ2v) is 5.17. The molecule has 122 valence electrons. The van der Waals surface area contributed by atoms with E-state index in [2.05, 4.69) is 25.7 Å². The summed E-state index contributed by atoms with van der Waals surface area (Å²) in [5.74, 6) is 0.946. The predicted octanol–water partition coefficient (Wildman–Crippen LogP) is 1.72. The fourth-order valence-corrected chi connectivity index (χ4v) is 2.13. The van der Waals surface area contributed by atoms with Gasteiger partial charge in [0.05, 0.1) is 5.69 Å². The third-order valence-corrected chi connectivity index (χ3v) is 3.39. The Hall–Kier alpha value is -3.29. The maximum Gasteiger partial charge on any atom is 0.204 e. The Morgan fingerprint density at radius 1 is 1.17 bits per heavy atom. The van der Waals surface area contributed by atoms with Crippen molar-refractivity contribution in [1.82, 2.24) is 25.2 Å². The van der Waals surface area contributed by atoms with Crippen LogP contribution in [0.3, 0.4) is 0 Å². The molecule has 0 spiro atoms. The molecule has 0 aliphatic rings. The summed E-state index contributed by atoms with van der Waals surface area (Å²) >= 11 is 0. The number of aromatic nitrogens is 5. The van der Waals surface area contributed by atoms with Crippen LogP contribution in [0.25, 0.3) is 0 Å². The lowest BCUT2D eigenvalue weighted by molar-refractivity contribution is 0.0695. The van der Waals surface area contributed by atoms with Crippen LogP contribution in [0.2, 0.25) is 0 Å². The number of nitrogens with zero attached hydrogens (tertiary/aromatic N) is 6. The topological polar surface area (TPSA) is 104 Å². The standard InChI is InChI=1S/C16H17N7O/c1-11(13-9-6-10-14(17)18-13)24-20-15(12-7-4-3-5-8-12)16-19-21-22-23(16)2/h3-11H,1-2H3,(H2,17,18). The molecule has 2 N–H and O–H groups in total. The number of nitrogen functional groups attached to an aromatic ring is 1. The minimum absolute atomic E-state index is 0.367. The summed E-state index contributed by atoms with van der Waals surface area (Å²) in [5, 5.41) is 15.8. The van der Waals surface area contributed by atoms with E-state index in [0.717, 1.165) is 5.56 Å². The van der Waals surface area contributed by atoms with Gasteiger partial charge in [-0.3, -0.25) is 0 Å². The number of anilines is 1. The number of pyridine rings is 1. The van der Waals surface area contributed by atoms with Crippen LogP contribution in [0.4, 0.5) is 5.82 Å². The molecule has 2 aromatic heterocycles. The lowest BCUT2D eigenvalue weighted by Gasteiger charge is -2.11. The summed E-state index contributed by atoms with van der Waals surface area (Å²) in [6.45, 7) is 1.85. The van der Waals surface area contributed by atoms with Crippen molar-refractivity contribution in [2.24, 2.45) is 12.2 Å². The molecule has 3 aromatic rings. The maximum atomic E-state index is 5.71. The summed E-state index contributed by atoms with van der Waals surface area (Å²) in [4.78, 5) is 9.88. The lowest BCUT2D eigenvalue weighted by atomic mass is 10.1. The van der Waals surface area contributed by atoms with E-state index in [9.17, 15) is 0 Å². The van der Waals surface area contributed by atoms with Gasteiger partial charge < -0.3 is 10.6 Å². The fourth-order valence-electron chi connectivity index (χ4n) is 2.13. The van der Waals surface area contributed by atoms with Crippen molar-refractivity contribution >= 4 is 11.5 Å². The van der Waals surface area contributed by atoms with Crippen molar-refractivity contribution in [2.75, 3.05) is 5.73 Å². The van der Waals surface area contributed by atoms with Crippen LogP contribution < -0.4 is 5.73 Å². The zero-order chi connectivity index (χ0) is 16.9. The first kappa shape index (κ1) is 15.6. The van der Waals surface area contributed by atoms with Gasteiger partial charge in [-0.2, -0.15) is 0 Å². The second-order valence-electron chi connectivity index (χ2n) is 5.17. The van der Waals surface area contributed by atoms with Crippen LogP contribution in [0.1, 0.15) is 30.1 Å². The molecule has 2 heterocycles. The molecule has 1 aromatic carbocycles. The van der Waals surface area contributed by atoms with Gasteiger partial charge in [-0.1, -0.05) is 41.6 Å². The number of tetrazole rings is 1. The minimum atomic E-state index is -0.367. The van der Waals surface area contributed by atoms with E-state index in [1.165, 1.54) is 0 Å². The Labute approximate surface area is 139 Å². The first-order valence-electron chi connectivity index (χ1n) is 7.39. The zero-order valence-electron chi connectivity index (χ0n) is 13.4. The van der Waals surface area contributed by atoms with Gasteiger partial charge in [-0.05, 0) is 29.5 Å². The van der Waals surface area contributed by atoms with Crippen LogP contribution in [-0.4, -0.2) is 30.9 Å². The smallest absolute Gasteiger partial charge is 0.204 e. The Morgan fingerprint density at radius 2 is 1.96 bits per heavy atom. The molecule has 0 fully saturated rings. The van der Waals surface area contributed by atoms with Gasteiger partial charge >= 0.3 is 0 Å². The average molecular weight is 323 g/mol. The van der Waals surface area contributed by atoms with Gasteiger partial charge in [0.1, 0.15) is 5.82 Å². The number of hydrogen-bond acceptors (Lipinski definition) is 7. The summed E-state index contributed by atoms with van der Waals surface area (Å²) < 4.78 is 1.54. The van der Waals surface area contributed by atoms with E-state index < -0.39 is 0 Å². The van der Waals surface area contributed by atoms with Crippen molar-refractivity contribution in [2.45, 2.75) is 13.0 Å². The Morgan fingerprint density at radius 3 is 2.62 bits per heavy atom. The highest BCUT2D eigenvalue weighted by molar-refractivity contribution is 6.10. The van der Waals surface area contributed by atoms with Crippen molar-refractivity contribution in [1.29, 1.82) is 0 Å². The molecule has 0 amide bonds. The predicted molar refractivity (Wildman–Crippen MR) is 89.0 cm³/mol. The van der Waals surface area contributed by atoms with Gasteiger partial charge in [0.25, 0.3) is 0 Å². The van der Waals surface area contributed by atoms with E-state index in [1.54, 1.807) is 17.8 Å². The van der Waals surface area contributed by atoms with E-state index >= 15 is 0 Å². The highest BCUT2D eigenvalue weighted by atomic mass is 16.6. The fraction of sp³-hybridized carbons (Fsp3) is 0.188. The molecule has 0 aliphatic carbocycles. The molecule has 1 atom stereocenters. The average Bonchev–Trinajstić information content (AvgIpc) is 3.02. The van der Waals surface area contributed by atoms with Crippen molar-refractivity contribution in [3.63, 3.8) is 0 Å². The molecule has 1 unspecified atom stereocenters. The van der Waals surface area contributed by atoms with Crippen molar-refractivity contribution in [3.8, 4) is 0 Å². The molecule has 0 saturated carbocycles. The van der Waals surface area contributed by atoms with Gasteiger partial charge in [-0.25, -0.2) is 9.67 Å². The Bertz CT molecular complexity index is 844. The quantitative estimate of drug-likeness (QED) is 0.566. The molecular weight excluding hydrogens is 306 g/mol. The number of oxime groups is 1. The molecule has 0 bridgehead atoms. The largest absolute Gasteiger partial charge is 0.386 e. The normalized spacial score (nSPS) is 12.8. The highest BCUT2D eigenvalue weighted by Crippen LogP contribution is 2.17. The molecule has 0 aliphatic heterocycles. The van der Waals surface area contributed by atoms with Crippen LogP contribution >= 0.6 is 0 Å². The Kier molecular flexibility index (Phi) is 4.46. The Balaban J connectivity index is 1.91. The van der Waals surface area contributed by atoms with Gasteiger partial charge in [-0.15, -0.1) is 5.10 Å². The molecule has 8 nitrogen and oxygen atoms in total. The summed E-state index contributed by atoms with van der Waals surface area (Å²) in [7, 11) is 1.75. The summed E-state index contributed by atoms with van der Waals surface area (Å²) in [6, 6.07) is 15.0. The van der Waals surface area contributed by atoms with Gasteiger partial charge in [0, 0.05) is 12.6 Å². The molecule has 8 heteroatoms. The number of benzene rings is 1. The molecule has 0 radical (unpaired) electrons. The van der Waals surface area contributed by atoms with Crippen LogP contribution in [0, 0.1) is 0 Å². The molecule has 24 heavy (non-hydrogen) atoms. The van der Waals surface area contributed by atoms with Crippen LogP contribution in [-0.2, 0) is 11.9 Å². The van der Waals surface area contributed by atoms with E-state index in [-0.39, 0.29) is 6.10 Å². The van der Waals surface area contributed by atoms with E-state index in [0.29, 0.717) is 23.0 Å². The third kappa shape index (κ3) is 3.37. The van der Waals surface area contributed by atoms with E-state index in [4.69, 9.17) is 10.6 Å². The van der Waals surface area contributed by atoms with Gasteiger partial charge in [0.15, 0.2) is 11.8 Å². The van der Waals surface area contributed by atoms with Crippen molar-refractivity contribution < 1.29 is 4.84 Å². The third-order valence-electron chi connectivity index (χ3n) is 3.39. The molecular formula is C16H17N7O. The summed E-state index contributed by atoms with van der Waals surface area (Å²) in [5.41, 5.74) is 7.80. The maximum absolute atomic E-state index is 5.71. The SMILES string of the molecule is CC(ON=C(c1ccccc1)c1nnnn1C)c1cccc(N)n1. The zero-order valence-corrected chi connectivity index (χ0v) is 13.4. The van der Waals surface area contributed by atoms with Crippen LogP contribution in [0.5, 0.6) is 0 Å². The number of rotatable bonds is 5. The number of nitrogens with two attached hydrogens (primary N) is 1. The molecule has 0 saturated heterocycles. The lowest BCUT2D eigenvalue weighted by Crippen LogP contribution is -2.12. The number of hydrogen-bond donors (Lipinski definition) is 1.